The number of ether oxygens (including phenoxy) is 2. The minimum absolute atomic E-state index is 0.0950. The van der Waals surface area contributed by atoms with E-state index in [0.717, 1.165) is 12.8 Å². The summed E-state index contributed by atoms with van der Waals surface area (Å²) in [6.07, 6.45) is 1.89. The molecule has 0 radical (unpaired) electrons. The molecular formula is C11H22O3. The average molecular weight is 202 g/mol. The van der Waals surface area contributed by atoms with Crippen molar-refractivity contribution >= 4 is 5.97 Å². The number of rotatable bonds is 7. The van der Waals surface area contributed by atoms with E-state index in [1.165, 1.54) is 7.11 Å². The van der Waals surface area contributed by atoms with E-state index in [1.807, 2.05) is 6.92 Å². The minimum atomic E-state index is -0.154. The molecule has 0 fully saturated rings. The Kier molecular flexibility index (Phi) is 7.48. The summed E-state index contributed by atoms with van der Waals surface area (Å²) < 4.78 is 9.97. The summed E-state index contributed by atoms with van der Waals surface area (Å²) in [6, 6.07) is 0. The van der Waals surface area contributed by atoms with Crippen LogP contribution in [-0.4, -0.2) is 26.3 Å². The van der Waals surface area contributed by atoms with Crippen molar-refractivity contribution in [1.82, 2.24) is 0 Å². The molecule has 0 N–H and O–H groups in total. The van der Waals surface area contributed by atoms with Crippen molar-refractivity contribution in [3.8, 4) is 0 Å². The molecule has 1 atom stereocenters. The van der Waals surface area contributed by atoms with E-state index < -0.39 is 0 Å². The first-order valence-electron chi connectivity index (χ1n) is 5.27. The largest absolute Gasteiger partial charge is 0.469 e. The van der Waals surface area contributed by atoms with Crippen LogP contribution in [0.2, 0.25) is 0 Å². The molecule has 0 aromatic rings. The lowest BCUT2D eigenvalue weighted by molar-refractivity contribution is -0.147. The van der Waals surface area contributed by atoms with E-state index in [-0.39, 0.29) is 11.9 Å². The van der Waals surface area contributed by atoms with E-state index in [0.29, 0.717) is 19.1 Å². The molecule has 0 aliphatic rings. The first kappa shape index (κ1) is 13.4. The Hall–Kier alpha value is -0.570. The van der Waals surface area contributed by atoms with Gasteiger partial charge >= 0.3 is 5.97 Å². The highest BCUT2D eigenvalue weighted by molar-refractivity contribution is 5.72. The normalized spacial score (nSPS) is 12.9. The average Bonchev–Trinajstić information content (AvgIpc) is 2.16. The van der Waals surface area contributed by atoms with Crippen molar-refractivity contribution in [3.05, 3.63) is 0 Å². The van der Waals surface area contributed by atoms with Gasteiger partial charge in [0.2, 0.25) is 0 Å². The van der Waals surface area contributed by atoms with Gasteiger partial charge in [-0.3, -0.25) is 4.79 Å². The quantitative estimate of drug-likeness (QED) is 0.594. The van der Waals surface area contributed by atoms with E-state index in [1.54, 1.807) is 0 Å². The molecule has 3 heteroatoms. The lowest BCUT2D eigenvalue weighted by atomic mass is 9.98. The van der Waals surface area contributed by atoms with Gasteiger partial charge in [0.1, 0.15) is 0 Å². The zero-order valence-corrected chi connectivity index (χ0v) is 9.71. The maximum atomic E-state index is 11.3. The van der Waals surface area contributed by atoms with E-state index in [2.05, 4.69) is 13.8 Å². The summed E-state index contributed by atoms with van der Waals surface area (Å²) in [7, 11) is 1.43. The van der Waals surface area contributed by atoms with Crippen LogP contribution in [0.1, 0.15) is 33.6 Å². The van der Waals surface area contributed by atoms with Crippen LogP contribution in [0.15, 0.2) is 0 Å². The Morgan fingerprint density at radius 3 is 2.36 bits per heavy atom. The molecule has 0 aliphatic carbocycles. The highest BCUT2D eigenvalue weighted by atomic mass is 16.5. The highest BCUT2D eigenvalue weighted by Gasteiger charge is 2.19. The fraction of sp³-hybridized carbons (Fsp3) is 0.909. The Labute approximate surface area is 86.8 Å². The van der Waals surface area contributed by atoms with Crippen LogP contribution >= 0.6 is 0 Å². The monoisotopic (exact) mass is 202 g/mol. The van der Waals surface area contributed by atoms with E-state index in [4.69, 9.17) is 9.47 Å². The SMILES string of the molecule is CCOCC(CCC(C)C)C(=O)OC. The van der Waals surface area contributed by atoms with Crippen LogP contribution in [0.4, 0.5) is 0 Å². The van der Waals surface area contributed by atoms with Crippen molar-refractivity contribution in [2.45, 2.75) is 33.6 Å². The van der Waals surface area contributed by atoms with Crippen LogP contribution in [0, 0.1) is 11.8 Å². The number of hydrogen-bond donors (Lipinski definition) is 0. The Morgan fingerprint density at radius 1 is 1.29 bits per heavy atom. The molecular weight excluding hydrogens is 180 g/mol. The highest BCUT2D eigenvalue weighted by Crippen LogP contribution is 2.14. The number of esters is 1. The van der Waals surface area contributed by atoms with Crippen molar-refractivity contribution in [2.75, 3.05) is 20.3 Å². The summed E-state index contributed by atoms with van der Waals surface area (Å²) in [5, 5.41) is 0. The van der Waals surface area contributed by atoms with E-state index >= 15 is 0 Å². The fourth-order valence-electron chi connectivity index (χ4n) is 1.23. The van der Waals surface area contributed by atoms with Gasteiger partial charge in [0.05, 0.1) is 19.6 Å². The van der Waals surface area contributed by atoms with Crippen molar-refractivity contribution in [2.24, 2.45) is 11.8 Å². The molecule has 84 valence electrons. The molecule has 0 aliphatic heterocycles. The van der Waals surface area contributed by atoms with Gasteiger partial charge in [-0.05, 0) is 19.3 Å². The first-order chi connectivity index (χ1) is 6.61. The van der Waals surface area contributed by atoms with Gasteiger partial charge in [0, 0.05) is 6.61 Å². The van der Waals surface area contributed by atoms with Crippen LogP contribution in [0.3, 0.4) is 0 Å². The lowest BCUT2D eigenvalue weighted by Gasteiger charge is -2.15. The lowest BCUT2D eigenvalue weighted by Crippen LogP contribution is -2.22. The standard InChI is InChI=1S/C11H22O3/c1-5-14-8-10(11(12)13-4)7-6-9(2)3/h9-10H,5-8H2,1-4H3. The molecule has 1 unspecified atom stereocenters. The molecule has 0 heterocycles. The number of methoxy groups -OCH3 is 1. The van der Waals surface area contributed by atoms with Gasteiger partial charge in [-0.2, -0.15) is 0 Å². The third-order valence-electron chi connectivity index (χ3n) is 2.15. The van der Waals surface area contributed by atoms with Crippen LogP contribution in [0.5, 0.6) is 0 Å². The molecule has 0 bridgehead atoms. The Bertz CT molecular complexity index is 155. The number of hydrogen-bond acceptors (Lipinski definition) is 3. The van der Waals surface area contributed by atoms with Gasteiger partial charge in [0.15, 0.2) is 0 Å². The summed E-state index contributed by atoms with van der Waals surface area (Å²) >= 11 is 0. The molecule has 0 saturated carbocycles. The topological polar surface area (TPSA) is 35.5 Å². The minimum Gasteiger partial charge on any atom is -0.469 e. The Balaban J connectivity index is 3.90. The molecule has 0 saturated heterocycles. The molecule has 0 rings (SSSR count). The molecule has 0 spiro atoms. The molecule has 14 heavy (non-hydrogen) atoms. The predicted molar refractivity (Wildman–Crippen MR) is 56.1 cm³/mol. The van der Waals surface area contributed by atoms with Gasteiger partial charge < -0.3 is 9.47 Å². The predicted octanol–water partition coefficient (Wildman–Crippen LogP) is 2.25. The molecule has 0 aromatic carbocycles. The summed E-state index contributed by atoms with van der Waals surface area (Å²) in [5.41, 5.74) is 0. The smallest absolute Gasteiger partial charge is 0.311 e. The second-order valence-corrected chi connectivity index (χ2v) is 3.85. The van der Waals surface area contributed by atoms with Crippen molar-refractivity contribution < 1.29 is 14.3 Å². The third kappa shape index (κ3) is 5.97. The zero-order valence-electron chi connectivity index (χ0n) is 9.71. The maximum Gasteiger partial charge on any atom is 0.311 e. The van der Waals surface area contributed by atoms with Crippen molar-refractivity contribution in [1.29, 1.82) is 0 Å². The van der Waals surface area contributed by atoms with Gasteiger partial charge in [-0.15, -0.1) is 0 Å². The zero-order chi connectivity index (χ0) is 11.0. The van der Waals surface area contributed by atoms with Gasteiger partial charge in [0.25, 0.3) is 0 Å². The Morgan fingerprint density at radius 2 is 1.93 bits per heavy atom. The van der Waals surface area contributed by atoms with Crippen LogP contribution in [-0.2, 0) is 14.3 Å². The van der Waals surface area contributed by atoms with Crippen LogP contribution in [0.25, 0.3) is 0 Å². The summed E-state index contributed by atoms with van der Waals surface area (Å²) in [5.74, 6) is 0.366. The first-order valence-corrected chi connectivity index (χ1v) is 5.27. The fourth-order valence-corrected chi connectivity index (χ4v) is 1.23. The molecule has 0 amide bonds. The summed E-state index contributed by atoms with van der Waals surface area (Å²) in [6.45, 7) is 7.35. The molecule has 0 aromatic heterocycles. The third-order valence-corrected chi connectivity index (χ3v) is 2.15. The second-order valence-electron chi connectivity index (χ2n) is 3.85. The number of carbonyl (C=O) groups is 1. The van der Waals surface area contributed by atoms with Crippen molar-refractivity contribution in [3.63, 3.8) is 0 Å². The molecule has 3 nitrogen and oxygen atoms in total. The summed E-state index contributed by atoms with van der Waals surface area (Å²) in [4.78, 5) is 11.3. The van der Waals surface area contributed by atoms with Gasteiger partial charge in [-0.25, -0.2) is 0 Å². The number of carbonyl (C=O) groups excluding carboxylic acids is 1. The van der Waals surface area contributed by atoms with Crippen LogP contribution < -0.4 is 0 Å². The van der Waals surface area contributed by atoms with Gasteiger partial charge in [-0.1, -0.05) is 20.3 Å². The van der Waals surface area contributed by atoms with E-state index in [9.17, 15) is 4.79 Å². The second kappa shape index (κ2) is 7.80. The maximum absolute atomic E-state index is 11.3.